The van der Waals surface area contributed by atoms with Gasteiger partial charge in [0, 0.05) is 36.2 Å². The minimum atomic E-state index is 0.392. The maximum Gasteiger partial charge on any atom is 0.0366 e. The molecular formula is C13H24N2S. The van der Waals surface area contributed by atoms with Crippen molar-refractivity contribution < 1.29 is 0 Å². The molecule has 3 fully saturated rings. The predicted molar refractivity (Wildman–Crippen MR) is 70.7 cm³/mol. The van der Waals surface area contributed by atoms with E-state index in [0.29, 0.717) is 5.54 Å². The third-order valence-corrected chi connectivity index (χ3v) is 6.43. The largest absolute Gasteiger partial charge is 0.329 e. The SMILES string of the molecule is CC1CSCCN1C1(CN)CC2CCC1C2. The highest BCUT2D eigenvalue weighted by Gasteiger charge is 2.54. The second kappa shape index (κ2) is 4.18. The molecule has 4 unspecified atom stereocenters. The molecule has 0 aromatic rings. The molecule has 2 nitrogen and oxygen atoms in total. The van der Waals surface area contributed by atoms with Crippen molar-refractivity contribution in [1.82, 2.24) is 4.90 Å². The van der Waals surface area contributed by atoms with Crippen LogP contribution in [-0.4, -0.2) is 41.1 Å². The Morgan fingerprint density at radius 2 is 2.31 bits per heavy atom. The summed E-state index contributed by atoms with van der Waals surface area (Å²) < 4.78 is 0. The van der Waals surface area contributed by atoms with Crippen LogP contribution < -0.4 is 5.73 Å². The smallest absolute Gasteiger partial charge is 0.0366 e. The molecule has 0 aromatic heterocycles. The molecule has 0 amide bonds. The average Bonchev–Trinajstić information content (AvgIpc) is 2.90. The lowest BCUT2D eigenvalue weighted by molar-refractivity contribution is 0.0204. The first-order valence-corrected chi connectivity index (χ1v) is 7.96. The summed E-state index contributed by atoms with van der Waals surface area (Å²) in [5, 5.41) is 0. The molecule has 1 saturated heterocycles. The number of nitrogens with two attached hydrogens (primary N) is 1. The lowest BCUT2D eigenvalue weighted by atomic mass is 9.78. The van der Waals surface area contributed by atoms with E-state index in [0.717, 1.165) is 24.4 Å². The second-order valence-corrected chi connectivity index (χ2v) is 7.15. The molecule has 3 heteroatoms. The number of fused-ring (bicyclic) bond motifs is 2. The molecular weight excluding hydrogens is 216 g/mol. The van der Waals surface area contributed by atoms with E-state index in [9.17, 15) is 0 Å². The summed E-state index contributed by atoms with van der Waals surface area (Å²) >= 11 is 2.11. The van der Waals surface area contributed by atoms with E-state index >= 15 is 0 Å². The van der Waals surface area contributed by atoms with Gasteiger partial charge in [-0.1, -0.05) is 6.42 Å². The number of hydrogen-bond acceptors (Lipinski definition) is 3. The van der Waals surface area contributed by atoms with E-state index in [4.69, 9.17) is 5.73 Å². The summed E-state index contributed by atoms with van der Waals surface area (Å²) in [6.45, 7) is 4.56. The van der Waals surface area contributed by atoms with Gasteiger partial charge in [0.1, 0.15) is 0 Å². The van der Waals surface area contributed by atoms with E-state index in [1.54, 1.807) is 0 Å². The number of hydrogen-bond donors (Lipinski definition) is 1. The van der Waals surface area contributed by atoms with Crippen molar-refractivity contribution in [3.63, 3.8) is 0 Å². The molecule has 0 radical (unpaired) electrons. The standard InChI is InChI=1S/C13H24N2S/c1-10-8-16-5-4-15(10)13(9-14)7-11-2-3-12(13)6-11/h10-12H,2-9,14H2,1H3. The summed E-state index contributed by atoms with van der Waals surface area (Å²) in [4.78, 5) is 2.79. The number of thioether (sulfide) groups is 1. The van der Waals surface area contributed by atoms with Crippen LogP contribution in [0.25, 0.3) is 0 Å². The van der Waals surface area contributed by atoms with Gasteiger partial charge in [-0.3, -0.25) is 4.90 Å². The van der Waals surface area contributed by atoms with Crippen LogP contribution in [0.5, 0.6) is 0 Å². The molecule has 92 valence electrons. The molecule has 3 rings (SSSR count). The van der Waals surface area contributed by atoms with Crippen LogP contribution in [0.15, 0.2) is 0 Å². The first-order valence-electron chi connectivity index (χ1n) is 6.81. The summed E-state index contributed by atoms with van der Waals surface area (Å²) in [7, 11) is 0. The molecule has 2 N–H and O–H groups in total. The van der Waals surface area contributed by atoms with Crippen LogP contribution in [0, 0.1) is 11.8 Å². The third-order valence-electron chi connectivity index (χ3n) is 5.24. The highest BCUT2D eigenvalue weighted by Crippen LogP contribution is 2.53. The fourth-order valence-corrected chi connectivity index (χ4v) is 5.54. The minimum absolute atomic E-state index is 0.392. The van der Waals surface area contributed by atoms with E-state index in [1.165, 1.54) is 43.7 Å². The Hall–Kier alpha value is 0.270. The van der Waals surface area contributed by atoms with E-state index in [2.05, 4.69) is 23.6 Å². The van der Waals surface area contributed by atoms with Crippen molar-refractivity contribution in [2.24, 2.45) is 17.6 Å². The molecule has 16 heavy (non-hydrogen) atoms. The van der Waals surface area contributed by atoms with Gasteiger partial charge in [0.15, 0.2) is 0 Å². The zero-order valence-electron chi connectivity index (χ0n) is 10.3. The quantitative estimate of drug-likeness (QED) is 0.800. The molecule has 0 spiro atoms. The molecule has 1 heterocycles. The van der Waals surface area contributed by atoms with Crippen molar-refractivity contribution in [3.05, 3.63) is 0 Å². The van der Waals surface area contributed by atoms with Gasteiger partial charge in [0.25, 0.3) is 0 Å². The lowest BCUT2D eigenvalue weighted by Gasteiger charge is -2.51. The van der Waals surface area contributed by atoms with Crippen molar-refractivity contribution in [1.29, 1.82) is 0 Å². The molecule has 2 saturated carbocycles. The van der Waals surface area contributed by atoms with E-state index < -0.39 is 0 Å². The van der Waals surface area contributed by atoms with Gasteiger partial charge in [0.05, 0.1) is 0 Å². The predicted octanol–water partition coefficient (Wildman–Crippen LogP) is 1.94. The van der Waals surface area contributed by atoms with E-state index in [1.807, 2.05) is 0 Å². The van der Waals surface area contributed by atoms with Crippen LogP contribution in [0.1, 0.15) is 32.6 Å². The van der Waals surface area contributed by atoms with Gasteiger partial charge in [-0.15, -0.1) is 0 Å². The normalized spacial score (nSPS) is 48.8. The van der Waals surface area contributed by atoms with Crippen molar-refractivity contribution in [2.45, 2.75) is 44.2 Å². The zero-order valence-corrected chi connectivity index (χ0v) is 11.1. The Morgan fingerprint density at radius 3 is 2.88 bits per heavy atom. The fraction of sp³-hybridized carbons (Fsp3) is 1.00. The monoisotopic (exact) mass is 240 g/mol. The average molecular weight is 240 g/mol. The summed E-state index contributed by atoms with van der Waals surface area (Å²) in [5.41, 5.74) is 6.59. The lowest BCUT2D eigenvalue weighted by Crippen LogP contribution is -2.62. The first-order chi connectivity index (χ1) is 7.76. The number of rotatable bonds is 2. The van der Waals surface area contributed by atoms with Gasteiger partial charge in [-0.05, 0) is 38.0 Å². The Kier molecular flexibility index (Phi) is 2.97. The molecule has 3 aliphatic rings. The van der Waals surface area contributed by atoms with E-state index in [-0.39, 0.29) is 0 Å². The van der Waals surface area contributed by atoms with Gasteiger partial charge in [0.2, 0.25) is 0 Å². The molecule has 4 atom stereocenters. The zero-order chi connectivity index (χ0) is 11.2. The molecule has 2 bridgehead atoms. The highest BCUT2D eigenvalue weighted by molar-refractivity contribution is 7.99. The van der Waals surface area contributed by atoms with Crippen LogP contribution in [0.4, 0.5) is 0 Å². The van der Waals surface area contributed by atoms with Crippen molar-refractivity contribution >= 4 is 11.8 Å². The summed E-state index contributed by atoms with van der Waals surface area (Å²) in [5.74, 6) is 4.52. The Morgan fingerprint density at radius 1 is 1.44 bits per heavy atom. The van der Waals surface area contributed by atoms with Crippen LogP contribution in [-0.2, 0) is 0 Å². The Labute approximate surface area is 103 Å². The van der Waals surface area contributed by atoms with Crippen LogP contribution >= 0.6 is 11.8 Å². The van der Waals surface area contributed by atoms with Gasteiger partial charge >= 0.3 is 0 Å². The third kappa shape index (κ3) is 1.55. The molecule has 0 aromatic carbocycles. The second-order valence-electron chi connectivity index (χ2n) is 6.01. The Bertz CT molecular complexity index is 271. The van der Waals surface area contributed by atoms with Gasteiger partial charge in [-0.25, -0.2) is 0 Å². The molecule has 2 aliphatic carbocycles. The fourth-order valence-electron chi connectivity index (χ4n) is 4.52. The minimum Gasteiger partial charge on any atom is -0.329 e. The van der Waals surface area contributed by atoms with Crippen molar-refractivity contribution in [3.8, 4) is 0 Å². The summed E-state index contributed by atoms with van der Waals surface area (Å²) in [6.07, 6.45) is 5.78. The van der Waals surface area contributed by atoms with Gasteiger partial charge < -0.3 is 5.73 Å². The topological polar surface area (TPSA) is 29.3 Å². The van der Waals surface area contributed by atoms with Crippen molar-refractivity contribution in [2.75, 3.05) is 24.6 Å². The summed E-state index contributed by atoms with van der Waals surface area (Å²) in [6, 6.07) is 0.738. The highest BCUT2D eigenvalue weighted by atomic mass is 32.2. The Balaban J connectivity index is 1.84. The van der Waals surface area contributed by atoms with Gasteiger partial charge in [-0.2, -0.15) is 11.8 Å². The maximum atomic E-state index is 6.20. The molecule has 1 aliphatic heterocycles. The maximum absolute atomic E-state index is 6.20. The van der Waals surface area contributed by atoms with Crippen LogP contribution in [0.3, 0.4) is 0 Å². The number of nitrogens with zero attached hydrogens (tertiary/aromatic N) is 1. The van der Waals surface area contributed by atoms with Crippen LogP contribution in [0.2, 0.25) is 0 Å². The first kappa shape index (κ1) is 11.4.